The molecule has 1 aromatic carbocycles. The second-order valence-corrected chi connectivity index (χ2v) is 7.28. The summed E-state index contributed by atoms with van der Waals surface area (Å²) in [4.78, 5) is 26.3. The first-order valence-corrected chi connectivity index (χ1v) is 9.62. The lowest BCUT2D eigenvalue weighted by molar-refractivity contribution is -0.118. The average molecular weight is 402 g/mol. The maximum atomic E-state index is 12.4. The molecule has 1 amide bonds. The van der Waals surface area contributed by atoms with Crippen LogP contribution in [0, 0.1) is 0 Å². The summed E-state index contributed by atoms with van der Waals surface area (Å²) in [5, 5.41) is 20.5. The van der Waals surface area contributed by atoms with E-state index in [4.69, 9.17) is 14.9 Å². The Balaban J connectivity index is 2.01. The summed E-state index contributed by atoms with van der Waals surface area (Å²) in [6.07, 6.45) is 3.16. The van der Waals surface area contributed by atoms with E-state index in [1.54, 1.807) is 6.07 Å². The van der Waals surface area contributed by atoms with E-state index in [2.05, 4.69) is 4.90 Å². The summed E-state index contributed by atoms with van der Waals surface area (Å²) in [7, 11) is 1.42. The molecule has 2 heterocycles. The quantitative estimate of drug-likeness (QED) is 0.647. The first-order chi connectivity index (χ1) is 13.9. The standard InChI is InChI=1S/C21H26N2O6/c1-28-18-6-5-13(9-16(18)24)15(11-19(22)26)21-20(27)17(25)10-14(29-21)12-23-7-3-2-4-8-23/h5-6,9-10,15,24,27H,2-4,7-8,11-12H2,1H3,(H2,22,26). The van der Waals surface area contributed by atoms with Crippen LogP contribution in [0.4, 0.5) is 0 Å². The van der Waals surface area contributed by atoms with Crippen molar-refractivity contribution in [3.63, 3.8) is 0 Å². The van der Waals surface area contributed by atoms with Gasteiger partial charge in [-0.25, -0.2) is 0 Å². The average Bonchev–Trinajstić information content (AvgIpc) is 2.69. The Morgan fingerprint density at radius 2 is 1.97 bits per heavy atom. The van der Waals surface area contributed by atoms with Crippen molar-refractivity contribution in [3.8, 4) is 17.2 Å². The molecule has 1 aliphatic rings. The molecular formula is C21H26N2O6. The monoisotopic (exact) mass is 402 g/mol. The number of rotatable bonds is 7. The van der Waals surface area contributed by atoms with Gasteiger partial charge < -0.3 is 25.1 Å². The molecule has 0 aliphatic carbocycles. The SMILES string of the molecule is COc1ccc(C(CC(N)=O)c2oc(CN3CCCCC3)cc(=O)c2O)cc1O. The molecule has 1 fully saturated rings. The third kappa shape index (κ3) is 4.89. The van der Waals surface area contributed by atoms with E-state index in [1.807, 2.05) is 0 Å². The van der Waals surface area contributed by atoms with Crippen molar-refractivity contribution in [2.45, 2.75) is 38.1 Å². The summed E-state index contributed by atoms with van der Waals surface area (Å²) in [5.41, 5.74) is 5.29. The Labute approximate surface area is 168 Å². The molecule has 0 bridgehead atoms. The largest absolute Gasteiger partial charge is 0.504 e. The zero-order valence-corrected chi connectivity index (χ0v) is 16.4. The fraction of sp³-hybridized carbons (Fsp3) is 0.429. The molecule has 3 rings (SSSR count). The van der Waals surface area contributed by atoms with Crippen molar-refractivity contribution in [1.29, 1.82) is 0 Å². The molecule has 156 valence electrons. The smallest absolute Gasteiger partial charge is 0.227 e. The van der Waals surface area contributed by atoms with E-state index >= 15 is 0 Å². The van der Waals surface area contributed by atoms with Crippen LogP contribution < -0.4 is 15.9 Å². The van der Waals surface area contributed by atoms with Gasteiger partial charge in [-0.2, -0.15) is 0 Å². The Morgan fingerprint density at radius 3 is 2.59 bits per heavy atom. The number of phenolic OH excluding ortho intramolecular Hbond substituents is 1. The third-order valence-electron chi connectivity index (χ3n) is 5.16. The number of primary amides is 1. The van der Waals surface area contributed by atoms with Gasteiger partial charge in [0.25, 0.3) is 0 Å². The predicted octanol–water partition coefficient (Wildman–Crippen LogP) is 2.05. The lowest BCUT2D eigenvalue weighted by Gasteiger charge is -2.26. The van der Waals surface area contributed by atoms with Gasteiger partial charge in [-0.1, -0.05) is 12.5 Å². The molecule has 29 heavy (non-hydrogen) atoms. The van der Waals surface area contributed by atoms with E-state index in [9.17, 15) is 19.8 Å². The van der Waals surface area contributed by atoms with E-state index in [0.29, 0.717) is 17.9 Å². The van der Waals surface area contributed by atoms with E-state index in [0.717, 1.165) is 25.9 Å². The number of carbonyl (C=O) groups is 1. The molecule has 1 saturated heterocycles. The fourth-order valence-electron chi connectivity index (χ4n) is 3.69. The van der Waals surface area contributed by atoms with Crippen LogP contribution in [0.3, 0.4) is 0 Å². The van der Waals surface area contributed by atoms with E-state index in [-0.39, 0.29) is 23.7 Å². The number of piperidine rings is 1. The van der Waals surface area contributed by atoms with Crippen LogP contribution in [0.1, 0.15) is 48.7 Å². The number of aromatic hydroxyl groups is 2. The van der Waals surface area contributed by atoms with Crippen LogP contribution in [0.25, 0.3) is 0 Å². The molecule has 8 heteroatoms. The van der Waals surface area contributed by atoms with Crippen molar-refractivity contribution in [2.75, 3.05) is 20.2 Å². The lowest BCUT2D eigenvalue weighted by Crippen LogP contribution is -2.29. The van der Waals surface area contributed by atoms with Crippen molar-refractivity contribution >= 4 is 5.91 Å². The normalized spacial score (nSPS) is 15.8. The van der Waals surface area contributed by atoms with Crippen LogP contribution in [-0.4, -0.2) is 41.2 Å². The van der Waals surface area contributed by atoms with Gasteiger partial charge in [0.2, 0.25) is 17.1 Å². The zero-order chi connectivity index (χ0) is 21.0. The fourth-order valence-corrected chi connectivity index (χ4v) is 3.69. The molecule has 0 saturated carbocycles. The Kier molecular flexibility index (Phi) is 6.43. The van der Waals surface area contributed by atoms with Gasteiger partial charge in [-0.3, -0.25) is 14.5 Å². The van der Waals surface area contributed by atoms with Crippen molar-refractivity contribution in [1.82, 2.24) is 4.90 Å². The first-order valence-electron chi connectivity index (χ1n) is 9.62. The van der Waals surface area contributed by atoms with E-state index in [1.165, 1.54) is 31.7 Å². The van der Waals surface area contributed by atoms with Crippen LogP contribution >= 0.6 is 0 Å². The molecule has 1 unspecified atom stereocenters. The van der Waals surface area contributed by atoms with Crippen molar-refractivity contribution < 1.29 is 24.2 Å². The highest BCUT2D eigenvalue weighted by atomic mass is 16.5. The van der Waals surface area contributed by atoms with Gasteiger partial charge in [0.05, 0.1) is 19.6 Å². The number of hydrogen-bond acceptors (Lipinski definition) is 7. The highest BCUT2D eigenvalue weighted by Gasteiger charge is 2.26. The zero-order valence-electron chi connectivity index (χ0n) is 16.4. The van der Waals surface area contributed by atoms with Gasteiger partial charge in [0, 0.05) is 12.5 Å². The van der Waals surface area contributed by atoms with Crippen LogP contribution in [0.2, 0.25) is 0 Å². The van der Waals surface area contributed by atoms with E-state index < -0.39 is 23.0 Å². The number of carbonyl (C=O) groups excluding carboxylic acids is 1. The molecule has 0 spiro atoms. The number of nitrogens with two attached hydrogens (primary N) is 1. The molecule has 2 aromatic rings. The maximum Gasteiger partial charge on any atom is 0.227 e. The van der Waals surface area contributed by atoms with Crippen molar-refractivity contribution in [2.24, 2.45) is 5.73 Å². The van der Waals surface area contributed by atoms with Gasteiger partial charge >= 0.3 is 0 Å². The highest BCUT2D eigenvalue weighted by Crippen LogP contribution is 2.37. The Bertz CT molecular complexity index is 933. The number of amides is 1. The van der Waals surface area contributed by atoms with Gasteiger partial charge in [0.1, 0.15) is 5.76 Å². The Morgan fingerprint density at radius 1 is 1.24 bits per heavy atom. The second-order valence-electron chi connectivity index (χ2n) is 7.28. The maximum absolute atomic E-state index is 12.4. The number of hydrogen-bond donors (Lipinski definition) is 3. The van der Waals surface area contributed by atoms with Gasteiger partial charge in [0.15, 0.2) is 17.3 Å². The molecule has 8 nitrogen and oxygen atoms in total. The number of phenols is 1. The summed E-state index contributed by atoms with van der Waals surface area (Å²) in [5.74, 6) is -1.51. The van der Waals surface area contributed by atoms with Crippen LogP contribution in [0.15, 0.2) is 33.5 Å². The number of ether oxygens (including phenoxy) is 1. The summed E-state index contributed by atoms with van der Waals surface area (Å²) in [6.45, 7) is 2.27. The first kappa shape index (κ1) is 20.7. The van der Waals surface area contributed by atoms with Crippen molar-refractivity contribution in [3.05, 3.63) is 51.6 Å². The van der Waals surface area contributed by atoms with Crippen LogP contribution in [0.5, 0.6) is 17.2 Å². The molecule has 1 aliphatic heterocycles. The lowest BCUT2D eigenvalue weighted by atomic mass is 9.91. The summed E-state index contributed by atoms with van der Waals surface area (Å²) in [6, 6.07) is 5.84. The highest BCUT2D eigenvalue weighted by molar-refractivity contribution is 5.75. The van der Waals surface area contributed by atoms with Crippen LogP contribution in [-0.2, 0) is 11.3 Å². The van der Waals surface area contributed by atoms with Gasteiger partial charge in [-0.15, -0.1) is 0 Å². The minimum atomic E-state index is -0.821. The molecule has 0 radical (unpaired) electrons. The van der Waals surface area contributed by atoms with Gasteiger partial charge in [-0.05, 0) is 43.6 Å². The molecule has 1 aromatic heterocycles. The minimum Gasteiger partial charge on any atom is -0.504 e. The predicted molar refractivity (Wildman–Crippen MR) is 106 cm³/mol. The number of methoxy groups -OCH3 is 1. The number of nitrogens with zero attached hydrogens (tertiary/aromatic N) is 1. The molecule has 4 N–H and O–H groups in total. The topological polar surface area (TPSA) is 126 Å². The molecule has 1 atom stereocenters. The molecular weight excluding hydrogens is 376 g/mol. The summed E-state index contributed by atoms with van der Waals surface area (Å²) < 4.78 is 10.9. The third-order valence-corrected chi connectivity index (χ3v) is 5.16. The number of benzene rings is 1. The minimum absolute atomic E-state index is 0.0344. The second kappa shape index (κ2) is 9.00. The summed E-state index contributed by atoms with van der Waals surface area (Å²) >= 11 is 0. The number of likely N-dealkylation sites (tertiary alicyclic amines) is 1. The Hall–Kier alpha value is -3.00.